The number of ether oxygens (including phenoxy) is 1. The van der Waals surface area contributed by atoms with Gasteiger partial charge in [0.1, 0.15) is 11.6 Å². The van der Waals surface area contributed by atoms with Gasteiger partial charge in [-0.25, -0.2) is 4.98 Å². The molecule has 1 N–H and O–H groups in total. The summed E-state index contributed by atoms with van der Waals surface area (Å²) in [6, 6.07) is 2.75. The van der Waals surface area contributed by atoms with E-state index in [1.54, 1.807) is 0 Å². The molecular formula is C12H15F3N2O2. The summed E-state index contributed by atoms with van der Waals surface area (Å²) < 4.78 is 39.8. The Kier molecular flexibility index (Phi) is 4.14. The van der Waals surface area contributed by atoms with Gasteiger partial charge in [0.15, 0.2) is 0 Å². The third-order valence-corrected chi connectivity index (χ3v) is 3.06. The highest BCUT2D eigenvalue weighted by molar-refractivity contribution is 5.41. The fourth-order valence-corrected chi connectivity index (χ4v) is 2.18. The van der Waals surface area contributed by atoms with Gasteiger partial charge in [0.05, 0.1) is 6.20 Å². The summed E-state index contributed by atoms with van der Waals surface area (Å²) >= 11 is 0. The highest BCUT2D eigenvalue weighted by Gasteiger charge is 2.31. The van der Waals surface area contributed by atoms with Crippen molar-refractivity contribution in [1.82, 2.24) is 4.98 Å². The third kappa shape index (κ3) is 3.99. The van der Waals surface area contributed by atoms with Crippen LogP contribution < -0.4 is 9.64 Å². The van der Waals surface area contributed by atoms with Crippen molar-refractivity contribution in [2.24, 2.45) is 5.92 Å². The summed E-state index contributed by atoms with van der Waals surface area (Å²) in [5.41, 5.74) is 0. The first-order valence-electron chi connectivity index (χ1n) is 6.05. The fourth-order valence-electron chi connectivity index (χ4n) is 2.18. The molecule has 0 amide bonds. The third-order valence-electron chi connectivity index (χ3n) is 3.06. The molecule has 1 aliphatic rings. The maximum absolute atomic E-state index is 12.0. The normalized spacial score (nSPS) is 20.4. The lowest BCUT2D eigenvalue weighted by molar-refractivity contribution is -0.274. The van der Waals surface area contributed by atoms with Gasteiger partial charge >= 0.3 is 6.36 Å². The van der Waals surface area contributed by atoms with Gasteiger partial charge in [0.2, 0.25) is 0 Å². The molecule has 0 bridgehead atoms. The fraction of sp³-hybridized carbons (Fsp3) is 0.583. The number of aromatic nitrogens is 1. The minimum atomic E-state index is -4.70. The zero-order chi connectivity index (χ0) is 13.9. The van der Waals surface area contributed by atoms with E-state index in [-0.39, 0.29) is 18.3 Å². The lowest BCUT2D eigenvalue weighted by Crippen LogP contribution is -2.37. The average molecular weight is 276 g/mol. The Bertz CT molecular complexity index is 408. The number of anilines is 1. The number of piperidine rings is 1. The molecule has 1 atom stereocenters. The smallest absolute Gasteiger partial charge is 0.404 e. The maximum atomic E-state index is 12.0. The molecule has 1 aliphatic heterocycles. The van der Waals surface area contributed by atoms with Crippen molar-refractivity contribution in [3.63, 3.8) is 0 Å². The quantitative estimate of drug-likeness (QED) is 0.919. The topological polar surface area (TPSA) is 45.6 Å². The molecule has 7 heteroatoms. The van der Waals surface area contributed by atoms with E-state index in [9.17, 15) is 13.2 Å². The summed E-state index contributed by atoms with van der Waals surface area (Å²) in [6.45, 7) is 1.58. The van der Waals surface area contributed by atoms with Crippen molar-refractivity contribution in [2.75, 3.05) is 24.6 Å². The van der Waals surface area contributed by atoms with Gasteiger partial charge in [0.25, 0.3) is 0 Å². The number of hydrogen-bond donors (Lipinski definition) is 1. The molecule has 2 rings (SSSR count). The predicted molar refractivity (Wildman–Crippen MR) is 62.9 cm³/mol. The van der Waals surface area contributed by atoms with Crippen molar-refractivity contribution in [2.45, 2.75) is 19.2 Å². The van der Waals surface area contributed by atoms with Gasteiger partial charge in [-0.3, -0.25) is 0 Å². The second kappa shape index (κ2) is 5.64. The molecule has 1 saturated heterocycles. The van der Waals surface area contributed by atoms with E-state index in [4.69, 9.17) is 5.11 Å². The standard InChI is InChI=1S/C12H15F3N2O2/c13-12(14,15)19-10-3-4-11(16-6-10)17-5-1-2-9(7-17)8-18/h3-4,6,9,18H,1-2,5,7-8H2. The van der Waals surface area contributed by atoms with E-state index in [0.29, 0.717) is 12.4 Å². The molecule has 0 aromatic carbocycles. The highest BCUT2D eigenvalue weighted by atomic mass is 19.4. The van der Waals surface area contributed by atoms with E-state index in [2.05, 4.69) is 9.72 Å². The summed E-state index contributed by atoms with van der Waals surface area (Å²) in [6.07, 6.45) is -1.74. The second-order valence-corrected chi connectivity index (χ2v) is 4.54. The SMILES string of the molecule is OCC1CCCN(c2ccc(OC(F)(F)F)cn2)C1. The summed E-state index contributed by atoms with van der Waals surface area (Å²) in [7, 11) is 0. The molecule has 2 heterocycles. The van der Waals surface area contributed by atoms with Gasteiger partial charge in [-0.2, -0.15) is 0 Å². The Morgan fingerprint density at radius 1 is 1.42 bits per heavy atom. The van der Waals surface area contributed by atoms with Crippen molar-refractivity contribution < 1.29 is 23.0 Å². The van der Waals surface area contributed by atoms with Crippen LogP contribution in [0.15, 0.2) is 18.3 Å². The molecule has 0 spiro atoms. The van der Waals surface area contributed by atoms with Gasteiger partial charge in [-0.15, -0.1) is 13.2 Å². The number of rotatable bonds is 3. The van der Waals surface area contributed by atoms with Crippen LogP contribution in [-0.2, 0) is 0 Å². The van der Waals surface area contributed by atoms with E-state index < -0.39 is 6.36 Å². The Morgan fingerprint density at radius 2 is 2.21 bits per heavy atom. The molecule has 106 valence electrons. The maximum Gasteiger partial charge on any atom is 0.573 e. The minimum Gasteiger partial charge on any atom is -0.404 e. The molecule has 0 radical (unpaired) electrons. The number of halogens is 3. The Morgan fingerprint density at radius 3 is 2.79 bits per heavy atom. The van der Waals surface area contributed by atoms with Gasteiger partial charge in [-0.05, 0) is 30.9 Å². The van der Waals surface area contributed by atoms with Crippen LogP contribution in [0.2, 0.25) is 0 Å². The summed E-state index contributed by atoms with van der Waals surface area (Å²) in [4.78, 5) is 5.93. The Balaban J connectivity index is 2.01. The van der Waals surface area contributed by atoms with E-state index in [0.717, 1.165) is 25.6 Å². The van der Waals surface area contributed by atoms with Crippen molar-refractivity contribution >= 4 is 5.82 Å². The van der Waals surface area contributed by atoms with Crippen LogP contribution in [0.4, 0.5) is 19.0 Å². The molecule has 4 nitrogen and oxygen atoms in total. The summed E-state index contributed by atoms with van der Waals surface area (Å²) in [5.74, 6) is 0.473. The molecule has 1 aromatic rings. The van der Waals surface area contributed by atoms with Crippen molar-refractivity contribution in [3.05, 3.63) is 18.3 Å². The van der Waals surface area contributed by atoms with Crippen molar-refractivity contribution in [1.29, 1.82) is 0 Å². The second-order valence-electron chi connectivity index (χ2n) is 4.54. The van der Waals surface area contributed by atoms with Crippen LogP contribution in [0.3, 0.4) is 0 Å². The number of alkyl halides is 3. The molecule has 0 saturated carbocycles. The number of aliphatic hydroxyl groups excluding tert-OH is 1. The van der Waals surface area contributed by atoms with Gasteiger partial charge < -0.3 is 14.7 Å². The number of nitrogens with zero attached hydrogens (tertiary/aromatic N) is 2. The largest absolute Gasteiger partial charge is 0.573 e. The summed E-state index contributed by atoms with van der Waals surface area (Å²) in [5, 5.41) is 9.14. The molecule has 19 heavy (non-hydrogen) atoms. The lowest BCUT2D eigenvalue weighted by atomic mass is 9.99. The minimum absolute atomic E-state index is 0.117. The van der Waals surface area contributed by atoms with Gasteiger partial charge in [-0.1, -0.05) is 0 Å². The van der Waals surface area contributed by atoms with E-state index >= 15 is 0 Å². The molecule has 0 aliphatic carbocycles. The first-order valence-corrected chi connectivity index (χ1v) is 6.05. The monoisotopic (exact) mass is 276 g/mol. The predicted octanol–water partition coefficient (Wildman–Crippen LogP) is 2.19. The van der Waals surface area contributed by atoms with Crippen molar-refractivity contribution in [3.8, 4) is 5.75 Å². The Hall–Kier alpha value is -1.50. The van der Waals surface area contributed by atoms with Gasteiger partial charge in [0, 0.05) is 19.7 Å². The molecule has 1 unspecified atom stereocenters. The Labute approximate surface area is 108 Å². The first-order chi connectivity index (χ1) is 8.98. The van der Waals surface area contributed by atoms with E-state index in [1.807, 2.05) is 4.90 Å². The number of aliphatic hydroxyl groups is 1. The van der Waals surface area contributed by atoms with Crippen LogP contribution in [0, 0.1) is 5.92 Å². The zero-order valence-electron chi connectivity index (χ0n) is 10.2. The van der Waals surface area contributed by atoms with E-state index in [1.165, 1.54) is 12.1 Å². The highest BCUT2D eigenvalue weighted by Crippen LogP contribution is 2.25. The van der Waals surface area contributed by atoms with Crippen LogP contribution in [0.25, 0.3) is 0 Å². The number of hydrogen-bond acceptors (Lipinski definition) is 4. The zero-order valence-corrected chi connectivity index (χ0v) is 10.2. The molecule has 1 aromatic heterocycles. The lowest BCUT2D eigenvalue weighted by Gasteiger charge is -2.32. The first kappa shape index (κ1) is 13.9. The van der Waals surface area contributed by atoms with Crippen LogP contribution in [0.5, 0.6) is 5.75 Å². The molecule has 1 fully saturated rings. The van der Waals surface area contributed by atoms with Crippen LogP contribution >= 0.6 is 0 Å². The van der Waals surface area contributed by atoms with Crippen LogP contribution in [-0.4, -0.2) is 36.1 Å². The average Bonchev–Trinajstić information content (AvgIpc) is 2.38. The number of pyridine rings is 1. The molecular weight excluding hydrogens is 261 g/mol. The van der Waals surface area contributed by atoms with Crippen LogP contribution in [0.1, 0.15) is 12.8 Å².